The highest BCUT2D eigenvalue weighted by Crippen LogP contribution is 2.24. The van der Waals surface area contributed by atoms with Crippen molar-refractivity contribution in [1.82, 2.24) is 0 Å². The molecule has 0 aliphatic carbocycles. The Kier molecular flexibility index (Phi) is 31.8. The van der Waals surface area contributed by atoms with E-state index in [4.69, 9.17) is 33.2 Å². The van der Waals surface area contributed by atoms with E-state index in [1.54, 1.807) is 129 Å². The molecule has 0 radical (unpaired) electrons. The molecule has 0 aliphatic rings. The number of ketones is 5. The molecule has 0 saturated carbocycles. The van der Waals surface area contributed by atoms with Crippen LogP contribution in [0.2, 0.25) is 0 Å². The molecule has 0 N–H and O–H groups in total. The fourth-order valence-electron chi connectivity index (χ4n) is 6.04. The van der Waals surface area contributed by atoms with Gasteiger partial charge in [-0.05, 0) is 150 Å². The fraction of sp³-hybridized carbons (Fsp3) is 0.317. The Balaban J connectivity index is 0.000000435. The van der Waals surface area contributed by atoms with E-state index in [1.807, 2.05) is 72.8 Å². The van der Waals surface area contributed by atoms with Crippen LogP contribution in [0.5, 0.6) is 28.7 Å². The zero-order valence-corrected chi connectivity index (χ0v) is 44.4. The molecule has 6 rings (SSSR count). The Hall–Kier alpha value is -7.41. The first-order valence-electron chi connectivity index (χ1n) is 23.3. The van der Waals surface area contributed by atoms with Gasteiger partial charge < -0.3 is 33.2 Å². The van der Waals surface area contributed by atoms with Crippen LogP contribution < -0.4 is 23.7 Å². The Bertz CT molecular complexity index is 2330. The molecule has 72 heavy (non-hydrogen) atoms. The van der Waals surface area contributed by atoms with Crippen LogP contribution in [0.3, 0.4) is 0 Å². The van der Waals surface area contributed by atoms with E-state index < -0.39 is 0 Å². The van der Waals surface area contributed by atoms with Gasteiger partial charge in [0.15, 0.2) is 28.9 Å². The lowest BCUT2D eigenvalue weighted by Gasteiger charge is -2.09. The third-order valence-corrected chi connectivity index (χ3v) is 10.5. The van der Waals surface area contributed by atoms with Crippen molar-refractivity contribution in [3.63, 3.8) is 0 Å². The summed E-state index contributed by atoms with van der Waals surface area (Å²) in [5.74, 6) is 5.07. The summed E-state index contributed by atoms with van der Waals surface area (Å²) in [4.78, 5) is 54.3. The van der Waals surface area contributed by atoms with Crippen LogP contribution in [0.25, 0.3) is 11.1 Å². The van der Waals surface area contributed by atoms with Gasteiger partial charge in [0.1, 0.15) is 28.7 Å². The van der Waals surface area contributed by atoms with E-state index in [0.717, 1.165) is 47.9 Å². The molecule has 0 aliphatic heterocycles. The number of carbonyl (C=O) groups is 5. The van der Waals surface area contributed by atoms with Gasteiger partial charge in [0.25, 0.3) is 0 Å². The maximum absolute atomic E-state index is 10.9. The molecule has 0 spiro atoms. The summed E-state index contributed by atoms with van der Waals surface area (Å²) in [5.41, 5.74) is 5.50. The first kappa shape index (κ1) is 62.6. The van der Waals surface area contributed by atoms with Gasteiger partial charge >= 0.3 is 0 Å². The topological polar surface area (TPSA) is 150 Å². The predicted molar refractivity (Wildman–Crippen MR) is 287 cm³/mol. The molecule has 1 unspecified atom stereocenters. The van der Waals surface area contributed by atoms with Gasteiger partial charge in [-0.3, -0.25) is 24.0 Å². The average molecular weight is 987 g/mol. The minimum Gasteiger partial charge on any atom is -0.497 e. The van der Waals surface area contributed by atoms with Gasteiger partial charge in [0.2, 0.25) is 0 Å². The number of rotatable bonds is 18. The van der Waals surface area contributed by atoms with Gasteiger partial charge in [0.05, 0.1) is 35.5 Å². The minimum absolute atomic E-state index is 0.0156. The molecule has 12 heteroatoms. The van der Waals surface area contributed by atoms with Gasteiger partial charge in [-0.15, -0.1) is 0 Å². The summed E-state index contributed by atoms with van der Waals surface area (Å²) >= 11 is 0. The van der Waals surface area contributed by atoms with Crippen LogP contribution in [0.15, 0.2) is 146 Å². The molecule has 0 saturated heterocycles. The lowest BCUT2D eigenvalue weighted by atomic mass is 10.0. The molecular weight excluding hydrogens is 913 g/mol. The lowest BCUT2D eigenvalue weighted by molar-refractivity contribution is 0.100. The molecule has 0 bridgehead atoms. The number of carbonyl (C=O) groups excluding carboxylic acids is 5. The van der Waals surface area contributed by atoms with Crippen molar-refractivity contribution < 1.29 is 57.1 Å². The second kappa shape index (κ2) is 36.5. The number of ether oxygens (including phenoxy) is 7. The van der Waals surface area contributed by atoms with E-state index in [-0.39, 0.29) is 28.9 Å². The second-order valence-corrected chi connectivity index (χ2v) is 16.0. The van der Waals surface area contributed by atoms with Crippen LogP contribution >= 0.6 is 0 Å². The summed E-state index contributed by atoms with van der Waals surface area (Å²) in [6.07, 6.45) is 3.58. The van der Waals surface area contributed by atoms with Crippen molar-refractivity contribution in [2.24, 2.45) is 5.92 Å². The predicted octanol–water partition coefficient (Wildman–Crippen LogP) is 13.2. The Labute approximate surface area is 427 Å². The first-order chi connectivity index (χ1) is 34.5. The lowest BCUT2D eigenvalue weighted by Crippen LogP contribution is -2.01. The van der Waals surface area contributed by atoms with Crippen molar-refractivity contribution in [2.45, 2.75) is 60.8 Å². The molecule has 0 heterocycles. The van der Waals surface area contributed by atoms with Gasteiger partial charge in [-0.25, -0.2) is 0 Å². The Morgan fingerprint density at radius 3 is 0.875 bits per heavy atom. The SMILES string of the molecule is CC(=O)c1ccc(C(C)=O)cc1.CC(=O)c1cccc(C(C)=O)c1.COCCCC(C)CCOC.COc1ccc(-c2ccc(OC)cc2)cc1.COc1ccc(C(C)=O)cc1.COc1ccc(OC)cc1. The summed E-state index contributed by atoms with van der Waals surface area (Å²) in [7, 11) is 11.7. The van der Waals surface area contributed by atoms with Crippen molar-refractivity contribution in [3.05, 3.63) is 173 Å². The summed E-state index contributed by atoms with van der Waals surface area (Å²) in [6.45, 7) is 11.5. The van der Waals surface area contributed by atoms with Crippen LogP contribution in [0.4, 0.5) is 0 Å². The highest BCUT2D eigenvalue weighted by molar-refractivity contribution is 5.99. The number of hydrogen-bond acceptors (Lipinski definition) is 12. The van der Waals surface area contributed by atoms with Crippen LogP contribution in [-0.2, 0) is 9.47 Å². The van der Waals surface area contributed by atoms with E-state index in [0.29, 0.717) is 27.8 Å². The molecule has 0 fully saturated rings. The maximum Gasteiger partial charge on any atom is 0.159 e. The third kappa shape index (κ3) is 26.0. The molecule has 0 aromatic heterocycles. The minimum atomic E-state index is -0.0156. The van der Waals surface area contributed by atoms with Crippen LogP contribution in [-0.4, -0.2) is 91.9 Å². The summed E-state index contributed by atoms with van der Waals surface area (Å²) < 4.78 is 35.0. The smallest absolute Gasteiger partial charge is 0.159 e. The van der Waals surface area contributed by atoms with Crippen LogP contribution in [0, 0.1) is 5.92 Å². The molecular formula is C60H74O12. The quantitative estimate of drug-likeness (QED) is 0.0595. The van der Waals surface area contributed by atoms with Gasteiger partial charge in [0, 0.05) is 55.3 Å². The molecule has 12 nitrogen and oxygen atoms in total. The monoisotopic (exact) mass is 987 g/mol. The summed E-state index contributed by atoms with van der Waals surface area (Å²) in [5, 5.41) is 0. The number of methoxy groups -OCH3 is 7. The first-order valence-corrected chi connectivity index (χ1v) is 23.3. The fourth-order valence-corrected chi connectivity index (χ4v) is 6.04. The average Bonchev–Trinajstić information content (AvgIpc) is 3.41. The molecule has 6 aromatic rings. The Morgan fingerprint density at radius 1 is 0.347 bits per heavy atom. The summed E-state index contributed by atoms with van der Waals surface area (Å²) in [6, 6.07) is 43.9. The van der Waals surface area contributed by atoms with Crippen molar-refractivity contribution in [2.75, 3.05) is 63.0 Å². The number of benzene rings is 6. The second-order valence-electron chi connectivity index (χ2n) is 16.0. The normalized spacial score (nSPS) is 10.1. The molecule has 386 valence electrons. The standard InChI is InChI=1S/C14H14O2.2C10H10O2.C9H10O2.C9H20O2.C8H10O2/c1-15-13-7-3-11(4-8-13)12-5-9-14(16-2)10-6-12;1-7(11)9-3-5-10(6-4-9)8(2)12;1-7(11)9-4-3-5-10(6-9)8(2)12;1-7(10)8-3-5-9(11-2)6-4-8;1-9(6-8-11-3)5-4-7-10-2;1-9-7-3-5-8(10-2)6-4-7/h3-10H,1-2H3;2*3-6H,1-2H3;3-6H,1-2H3;9H,4-8H2,1-3H3;3-6H,1-2H3. The number of hydrogen-bond donors (Lipinski definition) is 0. The van der Waals surface area contributed by atoms with E-state index in [9.17, 15) is 24.0 Å². The van der Waals surface area contributed by atoms with Gasteiger partial charge in [-0.1, -0.05) is 73.7 Å². The van der Waals surface area contributed by atoms with Crippen molar-refractivity contribution in [1.29, 1.82) is 0 Å². The maximum atomic E-state index is 10.9. The Morgan fingerprint density at radius 2 is 0.611 bits per heavy atom. The molecule has 6 aromatic carbocycles. The zero-order valence-electron chi connectivity index (χ0n) is 44.4. The van der Waals surface area contributed by atoms with Crippen molar-refractivity contribution >= 4 is 28.9 Å². The molecule has 0 amide bonds. The van der Waals surface area contributed by atoms with E-state index in [1.165, 1.54) is 58.1 Å². The zero-order chi connectivity index (χ0) is 53.8. The molecule has 1 atom stereocenters. The van der Waals surface area contributed by atoms with Crippen molar-refractivity contribution in [3.8, 4) is 39.9 Å². The largest absolute Gasteiger partial charge is 0.497 e. The highest BCUT2D eigenvalue weighted by atomic mass is 16.5. The van der Waals surface area contributed by atoms with E-state index >= 15 is 0 Å². The highest BCUT2D eigenvalue weighted by Gasteiger charge is 2.04. The number of Topliss-reactive ketones (excluding diaryl/α,β-unsaturated/α-hetero) is 5. The van der Waals surface area contributed by atoms with E-state index in [2.05, 4.69) is 6.92 Å². The van der Waals surface area contributed by atoms with Crippen LogP contribution in [0.1, 0.15) is 113 Å². The third-order valence-electron chi connectivity index (χ3n) is 10.5. The van der Waals surface area contributed by atoms with Gasteiger partial charge in [-0.2, -0.15) is 0 Å².